The minimum absolute atomic E-state index is 0.912. The van der Waals surface area contributed by atoms with Crippen molar-refractivity contribution in [2.45, 2.75) is 75.6 Å². The van der Waals surface area contributed by atoms with Gasteiger partial charge in [0, 0.05) is 0 Å². The Morgan fingerprint density at radius 2 is 1.62 bits per heavy atom. The number of rotatable bonds is 8. The molecule has 0 amide bonds. The van der Waals surface area contributed by atoms with E-state index < -0.39 is 36.8 Å². The second kappa shape index (κ2) is 8.41. The summed E-state index contributed by atoms with van der Waals surface area (Å²) in [4.78, 5) is 15.5. The minimum atomic E-state index is -1.96. The summed E-state index contributed by atoms with van der Waals surface area (Å²) in [6.07, 6.45) is 6.88. The normalized spacial score (nSPS) is 14.5. The van der Waals surface area contributed by atoms with Crippen LogP contribution in [0.4, 0.5) is 0 Å². The molecule has 0 spiro atoms. The topological polar surface area (TPSA) is 0 Å². The van der Waals surface area contributed by atoms with Gasteiger partial charge in [-0.1, -0.05) is 0 Å². The standard InChI is InChI=1S/C12H18S.6CH3.2Sn/c1-3-5-6-11(4-2)9-12-7-8-13-10-12;;;;;;;;/h7,11H,3-6,9H2,1-2H3;6*1H3;;. The first-order valence-corrected chi connectivity index (χ1v) is 29.5. The summed E-state index contributed by atoms with van der Waals surface area (Å²) in [5.41, 5.74) is 1.77. The third-order valence-electron chi connectivity index (χ3n) is 4.28. The summed E-state index contributed by atoms with van der Waals surface area (Å²) in [5.74, 6) is 0.912. The van der Waals surface area contributed by atoms with Crippen LogP contribution in [0.1, 0.15) is 45.1 Å². The molecule has 0 aromatic carbocycles. The van der Waals surface area contributed by atoms with E-state index in [0.717, 1.165) is 5.92 Å². The Morgan fingerprint density at radius 3 is 2.05 bits per heavy atom. The van der Waals surface area contributed by atoms with E-state index in [-0.39, 0.29) is 0 Å². The Labute approximate surface area is 145 Å². The van der Waals surface area contributed by atoms with Crippen LogP contribution in [-0.4, -0.2) is 36.8 Å². The van der Waals surface area contributed by atoms with Gasteiger partial charge in [0.1, 0.15) is 0 Å². The van der Waals surface area contributed by atoms with Crippen molar-refractivity contribution in [1.29, 1.82) is 0 Å². The Bertz CT molecular complexity index is 435. The molecule has 0 nitrogen and oxygen atoms in total. The number of thiophene rings is 1. The zero-order valence-electron chi connectivity index (χ0n) is 15.6. The second-order valence-electron chi connectivity index (χ2n) is 8.59. The molecule has 0 bridgehead atoms. The van der Waals surface area contributed by atoms with Crippen molar-refractivity contribution < 1.29 is 0 Å². The van der Waals surface area contributed by atoms with Crippen molar-refractivity contribution >= 4 is 53.9 Å². The fourth-order valence-electron chi connectivity index (χ4n) is 2.84. The predicted octanol–water partition coefficient (Wildman–Crippen LogP) is 5.60. The van der Waals surface area contributed by atoms with E-state index >= 15 is 0 Å². The molecule has 1 aromatic rings. The van der Waals surface area contributed by atoms with Crippen molar-refractivity contribution in [3.05, 3.63) is 11.6 Å². The Kier molecular flexibility index (Phi) is 8.15. The van der Waals surface area contributed by atoms with Gasteiger partial charge in [0.15, 0.2) is 0 Å². The molecule has 0 aliphatic rings. The molecule has 0 aliphatic carbocycles. The molecule has 1 aromatic heterocycles. The van der Waals surface area contributed by atoms with Crippen LogP contribution in [0, 0.1) is 5.92 Å². The zero-order valence-corrected chi connectivity index (χ0v) is 22.1. The van der Waals surface area contributed by atoms with Crippen molar-refractivity contribution in [2.75, 3.05) is 0 Å². The summed E-state index contributed by atoms with van der Waals surface area (Å²) in [5, 5.41) is 0. The average molecular weight is 522 g/mol. The maximum absolute atomic E-state index is 2.66. The third-order valence-corrected chi connectivity index (χ3v) is 24.5. The first kappa shape index (κ1) is 20.3. The van der Waals surface area contributed by atoms with E-state index in [1.54, 1.807) is 5.56 Å². The molecule has 3 heteroatoms. The van der Waals surface area contributed by atoms with Crippen LogP contribution in [0.3, 0.4) is 0 Å². The van der Waals surface area contributed by atoms with Gasteiger partial charge in [-0.05, 0) is 0 Å². The molecule has 21 heavy (non-hydrogen) atoms. The van der Waals surface area contributed by atoms with Crippen LogP contribution in [0.15, 0.2) is 6.07 Å². The molecule has 1 atom stereocenters. The number of hydrogen-bond acceptors (Lipinski definition) is 1. The monoisotopic (exact) mass is 524 g/mol. The average Bonchev–Trinajstić information content (AvgIpc) is 2.78. The summed E-state index contributed by atoms with van der Waals surface area (Å²) in [7, 11) is 0. The van der Waals surface area contributed by atoms with Crippen molar-refractivity contribution in [3.63, 3.8) is 0 Å². The van der Waals surface area contributed by atoms with Crippen LogP contribution in [-0.2, 0) is 6.42 Å². The molecule has 0 saturated carbocycles. The molecular weight excluding hydrogens is 486 g/mol. The van der Waals surface area contributed by atoms with Crippen LogP contribution >= 0.6 is 11.3 Å². The third kappa shape index (κ3) is 6.37. The van der Waals surface area contributed by atoms with E-state index in [4.69, 9.17) is 0 Å². The Balaban J connectivity index is 3.06. The van der Waals surface area contributed by atoms with Crippen molar-refractivity contribution in [2.24, 2.45) is 5.92 Å². The number of hydrogen-bond donors (Lipinski definition) is 0. The van der Waals surface area contributed by atoms with Gasteiger partial charge in [0.25, 0.3) is 0 Å². The molecular formula is C18H36SSn2. The summed E-state index contributed by atoms with van der Waals surface area (Å²) in [6, 6.07) is 2.66. The molecule has 0 N–H and O–H groups in total. The first-order chi connectivity index (χ1) is 9.59. The Hall–Kier alpha value is 1.30. The molecule has 0 fully saturated rings. The molecule has 1 unspecified atom stereocenters. The summed E-state index contributed by atoms with van der Waals surface area (Å²) < 4.78 is 3.69. The van der Waals surface area contributed by atoms with Crippen LogP contribution < -0.4 is 5.79 Å². The fraction of sp³-hybridized carbons (Fsp3) is 0.778. The van der Waals surface area contributed by atoms with Crippen molar-refractivity contribution in [1.82, 2.24) is 0 Å². The zero-order chi connectivity index (χ0) is 16.3. The van der Waals surface area contributed by atoms with E-state index in [1.807, 2.05) is 5.79 Å². The van der Waals surface area contributed by atoms with E-state index in [9.17, 15) is 0 Å². The quantitative estimate of drug-likeness (QED) is 0.391. The molecule has 0 saturated heterocycles. The van der Waals surface area contributed by atoms with Crippen molar-refractivity contribution in [3.8, 4) is 0 Å². The van der Waals surface area contributed by atoms with Gasteiger partial charge in [0.05, 0.1) is 0 Å². The summed E-state index contributed by atoms with van der Waals surface area (Å²) in [6.45, 7) is 4.71. The van der Waals surface area contributed by atoms with E-state index in [1.165, 1.54) is 32.1 Å². The molecule has 0 radical (unpaired) electrons. The van der Waals surface area contributed by atoms with Gasteiger partial charge in [-0.2, -0.15) is 0 Å². The molecule has 122 valence electrons. The second-order valence-corrected chi connectivity index (χ2v) is 40.4. The van der Waals surface area contributed by atoms with Gasteiger partial charge in [-0.3, -0.25) is 0 Å². The van der Waals surface area contributed by atoms with Gasteiger partial charge in [0.2, 0.25) is 0 Å². The first-order valence-electron chi connectivity index (χ1n) is 8.73. The van der Waals surface area contributed by atoms with Gasteiger partial charge in [-0.25, -0.2) is 0 Å². The molecule has 1 rings (SSSR count). The molecule has 0 aliphatic heterocycles. The maximum atomic E-state index is 2.66. The summed E-state index contributed by atoms with van der Waals surface area (Å²) >= 11 is -1.63. The number of unbranched alkanes of at least 4 members (excludes halogenated alkanes) is 1. The molecule has 1 heterocycles. The van der Waals surface area contributed by atoms with Gasteiger partial charge < -0.3 is 0 Å². The van der Waals surface area contributed by atoms with Crippen LogP contribution in [0.5, 0.6) is 0 Å². The SMILES string of the molecule is CCCCC(CC)Cc1c[c]([Sn]([CH3])([CH3])[CH3])s[c]1[Sn]([CH3])([CH3])[CH3]. The van der Waals surface area contributed by atoms with E-state index in [0.29, 0.717) is 0 Å². The fourth-order valence-corrected chi connectivity index (χ4v) is 18.7. The van der Waals surface area contributed by atoms with Crippen LogP contribution in [0.2, 0.25) is 29.6 Å². The van der Waals surface area contributed by atoms with Gasteiger partial charge >= 0.3 is 147 Å². The van der Waals surface area contributed by atoms with Crippen LogP contribution in [0.25, 0.3) is 0 Å². The Morgan fingerprint density at radius 1 is 1.00 bits per heavy atom. The van der Waals surface area contributed by atoms with Gasteiger partial charge in [-0.15, -0.1) is 0 Å². The van der Waals surface area contributed by atoms with E-state index in [2.05, 4.69) is 60.9 Å². The predicted molar refractivity (Wildman–Crippen MR) is 107 cm³/mol.